The van der Waals surface area contributed by atoms with Crippen molar-refractivity contribution in [1.82, 2.24) is 5.16 Å². The van der Waals surface area contributed by atoms with Gasteiger partial charge in [0.05, 0.1) is 20.3 Å². The van der Waals surface area contributed by atoms with Gasteiger partial charge in [0.15, 0.2) is 17.3 Å². The Morgan fingerprint density at radius 2 is 1.85 bits per heavy atom. The van der Waals surface area contributed by atoms with Crippen LogP contribution in [0.5, 0.6) is 17.2 Å². The molecule has 0 aliphatic carbocycles. The smallest absolute Gasteiger partial charge is 0.267 e. The minimum absolute atomic E-state index is 0.0834. The van der Waals surface area contributed by atoms with Crippen LogP contribution in [0.4, 0.5) is 5.82 Å². The van der Waals surface area contributed by atoms with Gasteiger partial charge in [-0.2, -0.15) is 5.26 Å². The fraction of sp³-hybridized carbons (Fsp3) is 0.269. The molecule has 3 rings (SSSR count). The third kappa shape index (κ3) is 6.39. The zero-order valence-electron chi connectivity index (χ0n) is 19.7. The molecule has 0 fully saturated rings. The molecule has 3 aromatic rings. The molecule has 0 aliphatic rings. The van der Waals surface area contributed by atoms with Crippen LogP contribution in [0.1, 0.15) is 28.9 Å². The van der Waals surface area contributed by atoms with E-state index >= 15 is 0 Å². The van der Waals surface area contributed by atoms with Crippen molar-refractivity contribution in [2.45, 2.75) is 27.2 Å². The molecule has 1 N–H and O–H groups in total. The predicted octanol–water partition coefficient (Wildman–Crippen LogP) is 5.00. The molecule has 34 heavy (non-hydrogen) atoms. The van der Waals surface area contributed by atoms with Gasteiger partial charge in [0, 0.05) is 12.5 Å². The summed E-state index contributed by atoms with van der Waals surface area (Å²) in [6.07, 6.45) is 2.16. The number of anilines is 1. The van der Waals surface area contributed by atoms with Crippen molar-refractivity contribution in [3.63, 3.8) is 0 Å². The monoisotopic (exact) mass is 461 g/mol. The highest BCUT2D eigenvalue weighted by Crippen LogP contribution is 2.29. The highest BCUT2D eigenvalue weighted by Gasteiger charge is 2.13. The zero-order chi connectivity index (χ0) is 24.5. The lowest BCUT2D eigenvalue weighted by Gasteiger charge is -2.13. The maximum atomic E-state index is 12.4. The van der Waals surface area contributed by atoms with Gasteiger partial charge in [-0.3, -0.25) is 4.79 Å². The number of nitrogens with one attached hydrogen (secondary N) is 1. The largest absolute Gasteiger partial charge is 0.493 e. The molecule has 1 aromatic heterocycles. The molecule has 8 nitrogen and oxygen atoms in total. The second-order valence-corrected chi connectivity index (χ2v) is 7.61. The molecule has 0 saturated carbocycles. The minimum Gasteiger partial charge on any atom is -0.493 e. The number of methoxy groups -OCH3 is 1. The van der Waals surface area contributed by atoms with Gasteiger partial charge in [0.25, 0.3) is 5.91 Å². The number of benzene rings is 2. The lowest BCUT2D eigenvalue weighted by molar-refractivity contribution is -0.112. The number of ether oxygens (including phenoxy) is 3. The summed E-state index contributed by atoms with van der Waals surface area (Å²) in [7, 11) is 1.53. The van der Waals surface area contributed by atoms with Crippen molar-refractivity contribution >= 4 is 17.8 Å². The summed E-state index contributed by atoms with van der Waals surface area (Å²) >= 11 is 0. The number of carbonyl (C=O) groups is 1. The third-order valence-electron chi connectivity index (χ3n) is 5.09. The number of aryl methyl sites for hydroxylation is 2. The van der Waals surface area contributed by atoms with Gasteiger partial charge in [-0.25, -0.2) is 0 Å². The molecule has 0 spiro atoms. The Morgan fingerprint density at radius 1 is 1.09 bits per heavy atom. The number of aromatic nitrogens is 1. The molecular weight excluding hydrogens is 434 g/mol. The Balaban J connectivity index is 1.58. The van der Waals surface area contributed by atoms with Gasteiger partial charge in [-0.15, -0.1) is 0 Å². The summed E-state index contributed by atoms with van der Waals surface area (Å²) in [5.74, 6) is 2.14. The molecular formula is C26H27N3O5. The SMILES string of the molecule is COc1cc(/C=C(/C#N)C(=O)Nc2cc(C)on2)ccc1OCCCOc1cccc(C)c1C. The second-order valence-electron chi connectivity index (χ2n) is 7.61. The van der Waals surface area contributed by atoms with Crippen LogP contribution < -0.4 is 19.5 Å². The predicted molar refractivity (Wildman–Crippen MR) is 128 cm³/mol. The van der Waals surface area contributed by atoms with Gasteiger partial charge in [0.2, 0.25) is 0 Å². The van der Waals surface area contributed by atoms with Gasteiger partial charge in [-0.1, -0.05) is 23.4 Å². The van der Waals surface area contributed by atoms with Crippen LogP contribution in [-0.2, 0) is 4.79 Å². The molecule has 0 aliphatic heterocycles. The van der Waals surface area contributed by atoms with Gasteiger partial charge >= 0.3 is 0 Å². The molecule has 0 radical (unpaired) electrons. The van der Waals surface area contributed by atoms with Crippen LogP contribution in [0.25, 0.3) is 6.08 Å². The first-order valence-electron chi connectivity index (χ1n) is 10.8. The lowest BCUT2D eigenvalue weighted by Crippen LogP contribution is -2.13. The molecule has 0 bridgehead atoms. The van der Waals surface area contributed by atoms with E-state index in [1.54, 1.807) is 31.2 Å². The molecule has 1 heterocycles. The van der Waals surface area contributed by atoms with E-state index in [-0.39, 0.29) is 11.4 Å². The van der Waals surface area contributed by atoms with Crippen LogP contribution in [0.3, 0.4) is 0 Å². The zero-order valence-corrected chi connectivity index (χ0v) is 19.7. The minimum atomic E-state index is -0.584. The average molecular weight is 462 g/mol. The van der Waals surface area contributed by atoms with Crippen molar-refractivity contribution in [2.75, 3.05) is 25.6 Å². The summed E-state index contributed by atoms with van der Waals surface area (Å²) in [6.45, 7) is 6.77. The topological polar surface area (TPSA) is 107 Å². The Labute approximate surface area is 198 Å². The second kappa shape index (κ2) is 11.6. The van der Waals surface area contributed by atoms with Crippen molar-refractivity contribution in [3.05, 3.63) is 70.5 Å². The fourth-order valence-electron chi connectivity index (χ4n) is 3.12. The molecule has 8 heteroatoms. The molecule has 0 atom stereocenters. The fourth-order valence-corrected chi connectivity index (χ4v) is 3.12. The molecule has 1 amide bonds. The summed E-state index contributed by atoms with van der Waals surface area (Å²) in [6, 6.07) is 14.6. The number of hydrogen-bond donors (Lipinski definition) is 1. The first-order valence-corrected chi connectivity index (χ1v) is 10.8. The standard InChI is InChI=1S/C26H27N3O5/c1-17-7-5-8-22(19(17)3)32-11-6-12-33-23-10-9-20(15-24(23)31-4)14-21(16-27)26(30)28-25-13-18(2)34-29-25/h5,7-10,13-15H,6,11-12H2,1-4H3,(H,28,29,30)/b21-14-. The van der Waals surface area contributed by atoms with E-state index in [2.05, 4.69) is 23.5 Å². The van der Waals surface area contributed by atoms with E-state index in [0.29, 0.717) is 42.5 Å². The van der Waals surface area contributed by atoms with E-state index in [0.717, 1.165) is 11.3 Å². The maximum absolute atomic E-state index is 12.4. The van der Waals surface area contributed by atoms with Crippen LogP contribution in [0.15, 0.2) is 52.6 Å². The van der Waals surface area contributed by atoms with Crippen LogP contribution in [0, 0.1) is 32.1 Å². The number of rotatable bonds is 10. The van der Waals surface area contributed by atoms with E-state index < -0.39 is 5.91 Å². The summed E-state index contributed by atoms with van der Waals surface area (Å²) in [5.41, 5.74) is 2.86. The quantitative estimate of drug-likeness (QED) is 0.257. The van der Waals surface area contributed by atoms with Crippen LogP contribution in [0.2, 0.25) is 0 Å². The number of hydrogen-bond acceptors (Lipinski definition) is 7. The molecule has 0 saturated heterocycles. The van der Waals surface area contributed by atoms with E-state index in [1.165, 1.54) is 18.7 Å². The first-order chi connectivity index (χ1) is 16.4. The number of nitriles is 1. The van der Waals surface area contributed by atoms with Crippen LogP contribution >= 0.6 is 0 Å². The Kier molecular flexibility index (Phi) is 8.30. The highest BCUT2D eigenvalue weighted by molar-refractivity contribution is 6.09. The van der Waals surface area contributed by atoms with Crippen molar-refractivity contribution < 1.29 is 23.5 Å². The number of amides is 1. The van der Waals surface area contributed by atoms with Crippen molar-refractivity contribution in [1.29, 1.82) is 5.26 Å². The van der Waals surface area contributed by atoms with E-state index in [9.17, 15) is 10.1 Å². The van der Waals surface area contributed by atoms with E-state index in [1.807, 2.05) is 25.1 Å². The normalized spacial score (nSPS) is 11.0. The van der Waals surface area contributed by atoms with Gasteiger partial charge < -0.3 is 24.1 Å². The summed E-state index contributed by atoms with van der Waals surface area (Å²) < 4.78 is 22.0. The van der Waals surface area contributed by atoms with Crippen molar-refractivity contribution in [2.24, 2.45) is 0 Å². The van der Waals surface area contributed by atoms with Crippen molar-refractivity contribution in [3.8, 4) is 23.3 Å². The summed E-state index contributed by atoms with van der Waals surface area (Å²) in [5, 5.41) is 15.6. The summed E-state index contributed by atoms with van der Waals surface area (Å²) in [4.78, 5) is 12.4. The van der Waals surface area contributed by atoms with E-state index in [4.69, 9.17) is 18.7 Å². The first kappa shape index (κ1) is 24.4. The lowest BCUT2D eigenvalue weighted by atomic mass is 10.1. The molecule has 2 aromatic carbocycles. The Bertz CT molecular complexity index is 1220. The molecule has 176 valence electrons. The third-order valence-corrected chi connectivity index (χ3v) is 5.09. The van der Waals surface area contributed by atoms with Crippen LogP contribution in [-0.4, -0.2) is 31.4 Å². The Morgan fingerprint density at radius 3 is 2.53 bits per heavy atom. The number of nitrogens with zero attached hydrogens (tertiary/aromatic N) is 2. The maximum Gasteiger partial charge on any atom is 0.267 e. The van der Waals surface area contributed by atoms with Gasteiger partial charge in [-0.05, 0) is 61.7 Å². The Hall–Kier alpha value is -4.25. The average Bonchev–Trinajstić information content (AvgIpc) is 3.24. The molecule has 0 unspecified atom stereocenters. The number of carbonyl (C=O) groups excluding carboxylic acids is 1. The highest BCUT2D eigenvalue weighted by atomic mass is 16.5. The van der Waals surface area contributed by atoms with Gasteiger partial charge in [0.1, 0.15) is 23.2 Å².